The second-order valence-corrected chi connectivity index (χ2v) is 6.98. The Labute approximate surface area is 155 Å². The van der Waals surface area contributed by atoms with Crippen molar-refractivity contribution in [3.8, 4) is 0 Å². The van der Waals surface area contributed by atoms with Gasteiger partial charge in [0.2, 0.25) is 0 Å². The minimum absolute atomic E-state index is 0.395. The molecule has 2 aromatic carbocycles. The third-order valence-electron chi connectivity index (χ3n) is 4.80. The molecule has 0 aliphatic rings. The number of alkyl halides is 3. The number of benzene rings is 2. The van der Waals surface area contributed by atoms with Crippen molar-refractivity contribution in [1.82, 2.24) is 0 Å². The summed E-state index contributed by atoms with van der Waals surface area (Å²) in [6, 6.07) is 10.6. The summed E-state index contributed by atoms with van der Waals surface area (Å²) < 4.78 is 43.4. The number of nitrogens with one attached hydrogen (secondary N) is 1. The first-order chi connectivity index (χ1) is 12.6. The molecule has 0 aliphatic carbocycles. The van der Waals surface area contributed by atoms with Crippen LogP contribution in [0.4, 0.5) is 13.2 Å². The SMILES string of the molecule is Cc1ccc2c(C[NH+](C)Cc3ccc(C(F)(F)F)cc3)cc(=O)oc2c1C. The summed E-state index contributed by atoms with van der Waals surface area (Å²) in [4.78, 5) is 13.0. The maximum atomic E-state index is 12.7. The van der Waals surface area contributed by atoms with Crippen LogP contribution in [0.3, 0.4) is 0 Å². The van der Waals surface area contributed by atoms with Crippen molar-refractivity contribution < 1.29 is 22.5 Å². The lowest BCUT2D eigenvalue weighted by Crippen LogP contribution is -3.06. The molecule has 0 aliphatic heterocycles. The lowest BCUT2D eigenvalue weighted by molar-refractivity contribution is -0.907. The average Bonchev–Trinajstić information content (AvgIpc) is 2.58. The Balaban J connectivity index is 1.83. The molecule has 1 heterocycles. The monoisotopic (exact) mass is 376 g/mol. The normalized spacial score (nSPS) is 13.1. The smallest absolute Gasteiger partial charge is 0.416 e. The molecule has 27 heavy (non-hydrogen) atoms. The van der Waals surface area contributed by atoms with Gasteiger partial charge in [-0.05, 0) is 37.1 Å². The molecule has 0 bridgehead atoms. The van der Waals surface area contributed by atoms with Crippen molar-refractivity contribution in [3.63, 3.8) is 0 Å². The number of aryl methyl sites for hydroxylation is 2. The Hall–Kier alpha value is -2.60. The van der Waals surface area contributed by atoms with E-state index in [4.69, 9.17) is 4.42 Å². The predicted molar refractivity (Wildman–Crippen MR) is 97.7 cm³/mol. The van der Waals surface area contributed by atoms with E-state index in [9.17, 15) is 18.0 Å². The van der Waals surface area contributed by atoms with Crippen LogP contribution >= 0.6 is 0 Å². The van der Waals surface area contributed by atoms with E-state index in [-0.39, 0.29) is 0 Å². The largest absolute Gasteiger partial charge is 0.422 e. The number of hydrogen-bond acceptors (Lipinski definition) is 2. The summed E-state index contributed by atoms with van der Waals surface area (Å²) in [5, 5.41) is 0.893. The van der Waals surface area contributed by atoms with Crippen LogP contribution in [0.5, 0.6) is 0 Å². The second-order valence-electron chi connectivity index (χ2n) is 6.98. The molecule has 0 saturated heterocycles. The molecular weight excluding hydrogens is 355 g/mol. The minimum Gasteiger partial charge on any atom is -0.422 e. The summed E-state index contributed by atoms with van der Waals surface area (Å²) >= 11 is 0. The van der Waals surface area contributed by atoms with Gasteiger partial charge in [0.15, 0.2) is 0 Å². The second kappa shape index (κ2) is 7.19. The molecule has 142 valence electrons. The first-order valence-corrected chi connectivity index (χ1v) is 8.65. The Kier molecular flexibility index (Phi) is 5.11. The summed E-state index contributed by atoms with van der Waals surface area (Å²) in [7, 11) is 1.94. The topological polar surface area (TPSA) is 34.7 Å². The maximum Gasteiger partial charge on any atom is 0.416 e. The predicted octanol–water partition coefficient (Wildman–Crippen LogP) is 3.64. The summed E-state index contributed by atoms with van der Waals surface area (Å²) in [5.74, 6) is 0. The van der Waals surface area contributed by atoms with Gasteiger partial charge in [0.1, 0.15) is 18.7 Å². The van der Waals surface area contributed by atoms with E-state index in [1.165, 1.54) is 18.2 Å². The Morgan fingerprint density at radius 3 is 2.30 bits per heavy atom. The molecular formula is C21H21F3NO2+. The van der Waals surface area contributed by atoms with Crippen molar-refractivity contribution in [2.75, 3.05) is 7.05 Å². The van der Waals surface area contributed by atoms with E-state index in [1.54, 1.807) is 0 Å². The van der Waals surface area contributed by atoms with E-state index in [1.807, 2.05) is 33.0 Å². The van der Waals surface area contributed by atoms with Crippen molar-refractivity contribution >= 4 is 11.0 Å². The molecule has 6 heteroatoms. The van der Waals surface area contributed by atoms with Gasteiger partial charge in [0.05, 0.1) is 12.6 Å². The van der Waals surface area contributed by atoms with E-state index in [2.05, 4.69) is 0 Å². The van der Waals surface area contributed by atoms with Gasteiger partial charge in [-0.1, -0.05) is 24.3 Å². The van der Waals surface area contributed by atoms with Gasteiger partial charge in [-0.2, -0.15) is 13.2 Å². The fraction of sp³-hybridized carbons (Fsp3) is 0.286. The quantitative estimate of drug-likeness (QED) is 0.706. The van der Waals surface area contributed by atoms with Crippen molar-refractivity contribution in [2.45, 2.75) is 33.1 Å². The molecule has 0 spiro atoms. The van der Waals surface area contributed by atoms with Gasteiger partial charge in [-0.25, -0.2) is 4.79 Å². The number of hydrogen-bond donors (Lipinski definition) is 1. The molecule has 3 rings (SSSR count). The summed E-state index contributed by atoms with van der Waals surface area (Å²) in [6.45, 7) is 4.99. The van der Waals surface area contributed by atoms with Crippen LogP contribution in [0, 0.1) is 13.8 Å². The van der Waals surface area contributed by atoms with Crippen molar-refractivity contribution in [1.29, 1.82) is 0 Å². The lowest BCUT2D eigenvalue weighted by Gasteiger charge is -2.16. The first-order valence-electron chi connectivity index (χ1n) is 8.65. The molecule has 1 unspecified atom stereocenters. The number of rotatable bonds is 4. The van der Waals surface area contributed by atoms with Gasteiger partial charge in [-0.3, -0.25) is 0 Å². The third-order valence-corrected chi connectivity index (χ3v) is 4.80. The molecule has 0 saturated carbocycles. The highest BCUT2D eigenvalue weighted by molar-refractivity contribution is 5.83. The molecule has 3 nitrogen and oxygen atoms in total. The first kappa shape index (κ1) is 19.2. The Morgan fingerprint density at radius 1 is 1.00 bits per heavy atom. The van der Waals surface area contributed by atoms with Gasteiger partial charge < -0.3 is 9.32 Å². The highest BCUT2D eigenvalue weighted by atomic mass is 19.4. The van der Waals surface area contributed by atoms with Gasteiger partial charge in [0.25, 0.3) is 0 Å². The fourth-order valence-electron chi connectivity index (χ4n) is 3.22. The fourth-order valence-corrected chi connectivity index (χ4v) is 3.22. The summed E-state index contributed by atoms with van der Waals surface area (Å²) in [5.41, 5.74) is 3.21. The highest BCUT2D eigenvalue weighted by Crippen LogP contribution is 2.29. The molecule has 0 fully saturated rings. The van der Waals surface area contributed by atoms with Crippen LogP contribution in [-0.2, 0) is 19.3 Å². The van der Waals surface area contributed by atoms with Gasteiger partial charge >= 0.3 is 11.8 Å². The molecule has 1 N–H and O–H groups in total. The van der Waals surface area contributed by atoms with E-state index >= 15 is 0 Å². The number of fused-ring (bicyclic) bond motifs is 1. The molecule has 1 aromatic heterocycles. The Morgan fingerprint density at radius 2 is 1.67 bits per heavy atom. The molecule has 3 aromatic rings. The maximum absolute atomic E-state index is 12.7. The lowest BCUT2D eigenvalue weighted by atomic mass is 10.0. The standard InChI is InChI=1S/C21H20F3NO2/c1-13-4-9-18-16(10-19(26)27-20(18)14(13)2)12-25(3)11-15-5-7-17(8-6-15)21(22,23)24/h4-10H,11-12H2,1-3H3/p+1. The van der Waals surface area contributed by atoms with Gasteiger partial charge in [0, 0.05) is 22.6 Å². The Bertz CT molecular complexity index is 1020. The van der Waals surface area contributed by atoms with E-state index in [0.717, 1.165) is 44.7 Å². The van der Waals surface area contributed by atoms with Crippen LogP contribution in [0.1, 0.15) is 27.8 Å². The third kappa shape index (κ3) is 4.22. The van der Waals surface area contributed by atoms with Crippen molar-refractivity contribution in [2.24, 2.45) is 0 Å². The molecule has 0 radical (unpaired) electrons. The van der Waals surface area contributed by atoms with Crippen LogP contribution in [0.25, 0.3) is 11.0 Å². The van der Waals surface area contributed by atoms with Crippen molar-refractivity contribution in [3.05, 3.63) is 80.7 Å². The zero-order valence-electron chi connectivity index (χ0n) is 15.4. The van der Waals surface area contributed by atoms with E-state index < -0.39 is 17.4 Å². The van der Waals surface area contributed by atoms with Crippen LogP contribution in [0.2, 0.25) is 0 Å². The highest BCUT2D eigenvalue weighted by Gasteiger charge is 2.30. The zero-order valence-corrected chi connectivity index (χ0v) is 15.4. The van der Waals surface area contributed by atoms with Crippen LogP contribution in [0.15, 0.2) is 51.7 Å². The number of halogens is 3. The van der Waals surface area contributed by atoms with Crippen LogP contribution < -0.4 is 10.5 Å². The summed E-state index contributed by atoms with van der Waals surface area (Å²) in [6.07, 6.45) is -4.33. The van der Waals surface area contributed by atoms with E-state index in [0.29, 0.717) is 18.7 Å². The number of quaternary nitrogens is 1. The average molecular weight is 376 g/mol. The molecule has 1 atom stereocenters. The zero-order chi connectivity index (χ0) is 19.8. The minimum atomic E-state index is -4.33. The van der Waals surface area contributed by atoms with Crippen LogP contribution in [-0.4, -0.2) is 7.05 Å². The molecule has 0 amide bonds. The van der Waals surface area contributed by atoms with Gasteiger partial charge in [-0.15, -0.1) is 0 Å².